The van der Waals surface area contributed by atoms with Gasteiger partial charge in [0.15, 0.2) is 0 Å². The van der Waals surface area contributed by atoms with Gasteiger partial charge in [-0.25, -0.2) is 13.6 Å². The van der Waals surface area contributed by atoms with Crippen molar-refractivity contribution in [2.24, 2.45) is 0 Å². The lowest BCUT2D eigenvalue weighted by Crippen LogP contribution is -2.50. The summed E-state index contributed by atoms with van der Waals surface area (Å²) in [5.74, 6) is -4.16. The van der Waals surface area contributed by atoms with E-state index in [1.807, 2.05) is 0 Å². The summed E-state index contributed by atoms with van der Waals surface area (Å²) in [6, 6.07) is 0.495. The Morgan fingerprint density at radius 2 is 1.88 bits per heavy atom. The molecule has 25 heavy (non-hydrogen) atoms. The number of nitrogens with one attached hydrogen (secondary N) is 1. The van der Waals surface area contributed by atoms with Crippen LogP contribution in [-0.2, 0) is 20.8 Å². The number of carbonyl (C=O) groups is 3. The predicted molar refractivity (Wildman–Crippen MR) is 81.4 cm³/mol. The molecule has 9 heteroatoms. The van der Waals surface area contributed by atoms with E-state index in [4.69, 9.17) is 5.11 Å². The molecule has 1 aromatic rings. The number of carboxylic acids is 1. The van der Waals surface area contributed by atoms with E-state index >= 15 is 0 Å². The summed E-state index contributed by atoms with van der Waals surface area (Å²) in [7, 11) is 0. The minimum absolute atomic E-state index is 0.0791. The van der Waals surface area contributed by atoms with Gasteiger partial charge in [0.1, 0.15) is 23.7 Å². The van der Waals surface area contributed by atoms with Gasteiger partial charge >= 0.3 is 5.97 Å². The molecule has 1 heterocycles. The van der Waals surface area contributed by atoms with E-state index in [1.54, 1.807) is 0 Å². The Hall–Kier alpha value is -2.55. The number of halogens is 2. The van der Waals surface area contributed by atoms with E-state index in [1.165, 1.54) is 6.92 Å². The first-order valence-electron chi connectivity index (χ1n) is 7.63. The van der Waals surface area contributed by atoms with Crippen molar-refractivity contribution in [1.82, 2.24) is 10.2 Å². The van der Waals surface area contributed by atoms with E-state index in [0.717, 1.165) is 17.0 Å². The van der Waals surface area contributed by atoms with Gasteiger partial charge in [-0.2, -0.15) is 0 Å². The lowest BCUT2D eigenvalue weighted by Gasteiger charge is -2.25. The van der Waals surface area contributed by atoms with Crippen LogP contribution in [0.2, 0.25) is 0 Å². The summed E-state index contributed by atoms with van der Waals surface area (Å²) in [5, 5.41) is 21.0. The lowest BCUT2D eigenvalue weighted by molar-refractivity contribution is -0.149. The number of aliphatic hydroxyl groups excluding tert-OH is 1. The minimum Gasteiger partial charge on any atom is -0.480 e. The number of hydrogen-bond acceptors (Lipinski definition) is 4. The zero-order chi connectivity index (χ0) is 18.7. The van der Waals surface area contributed by atoms with Gasteiger partial charge in [-0.3, -0.25) is 9.59 Å². The Balaban J connectivity index is 1.98. The molecule has 0 aromatic heterocycles. The molecule has 7 nitrogen and oxygen atoms in total. The molecule has 3 atom stereocenters. The van der Waals surface area contributed by atoms with E-state index in [-0.39, 0.29) is 24.9 Å². The number of rotatable bonds is 5. The van der Waals surface area contributed by atoms with Crippen molar-refractivity contribution >= 4 is 17.8 Å². The maximum Gasteiger partial charge on any atom is 0.326 e. The summed E-state index contributed by atoms with van der Waals surface area (Å²) in [4.78, 5) is 36.4. The van der Waals surface area contributed by atoms with Crippen LogP contribution in [0.3, 0.4) is 0 Å². The van der Waals surface area contributed by atoms with Crippen molar-refractivity contribution in [3.8, 4) is 0 Å². The fraction of sp³-hybridized carbons (Fsp3) is 0.438. The normalized spacial score (nSPS) is 21.0. The number of hydrogen-bond donors (Lipinski definition) is 3. The zero-order valence-electron chi connectivity index (χ0n) is 13.4. The molecule has 0 bridgehead atoms. The molecule has 0 aliphatic carbocycles. The van der Waals surface area contributed by atoms with Crippen LogP contribution >= 0.6 is 0 Å². The van der Waals surface area contributed by atoms with E-state index in [0.29, 0.717) is 6.07 Å². The molecular weight excluding hydrogens is 338 g/mol. The number of likely N-dealkylation sites (tertiary alicyclic amines) is 1. The number of aliphatic hydroxyl groups is 1. The first-order chi connectivity index (χ1) is 11.7. The highest BCUT2D eigenvalue weighted by Gasteiger charge is 2.40. The lowest BCUT2D eigenvalue weighted by atomic mass is 10.1. The monoisotopic (exact) mass is 356 g/mol. The Labute approximate surface area is 142 Å². The first kappa shape index (κ1) is 18.8. The molecule has 0 saturated carbocycles. The van der Waals surface area contributed by atoms with Crippen LogP contribution in [0.5, 0.6) is 0 Å². The fourth-order valence-corrected chi connectivity index (χ4v) is 2.79. The van der Waals surface area contributed by atoms with E-state index < -0.39 is 47.6 Å². The average molecular weight is 356 g/mol. The first-order valence-corrected chi connectivity index (χ1v) is 7.63. The highest BCUT2D eigenvalue weighted by molar-refractivity contribution is 5.91. The van der Waals surface area contributed by atoms with Crippen molar-refractivity contribution in [1.29, 1.82) is 0 Å². The topological polar surface area (TPSA) is 107 Å². The molecule has 0 spiro atoms. The number of benzene rings is 1. The van der Waals surface area contributed by atoms with Crippen molar-refractivity contribution in [2.45, 2.75) is 38.0 Å². The zero-order valence-corrected chi connectivity index (χ0v) is 13.4. The molecule has 2 rings (SSSR count). The Morgan fingerprint density at radius 1 is 1.28 bits per heavy atom. The van der Waals surface area contributed by atoms with Gasteiger partial charge in [0.2, 0.25) is 11.8 Å². The van der Waals surface area contributed by atoms with Crippen LogP contribution < -0.4 is 5.32 Å². The molecule has 1 fully saturated rings. The van der Waals surface area contributed by atoms with Crippen molar-refractivity contribution in [3.63, 3.8) is 0 Å². The predicted octanol–water partition coefficient (Wildman–Crippen LogP) is 0.0584. The van der Waals surface area contributed by atoms with Gasteiger partial charge < -0.3 is 20.4 Å². The molecule has 0 radical (unpaired) electrons. The molecule has 2 amide bonds. The number of amides is 2. The molecule has 1 saturated heterocycles. The smallest absolute Gasteiger partial charge is 0.326 e. The van der Waals surface area contributed by atoms with Crippen LogP contribution in [-0.4, -0.2) is 57.6 Å². The number of carboxylic acid groups (broad SMARTS) is 1. The Morgan fingerprint density at radius 3 is 2.44 bits per heavy atom. The summed E-state index contributed by atoms with van der Waals surface area (Å²) in [5.41, 5.74) is 0.106. The van der Waals surface area contributed by atoms with Crippen molar-refractivity contribution in [3.05, 3.63) is 35.4 Å². The van der Waals surface area contributed by atoms with Gasteiger partial charge in [0, 0.05) is 19.0 Å². The molecule has 1 aromatic carbocycles. The summed E-state index contributed by atoms with van der Waals surface area (Å²) >= 11 is 0. The second-order valence-electron chi connectivity index (χ2n) is 5.98. The maximum atomic E-state index is 13.1. The van der Waals surface area contributed by atoms with Crippen LogP contribution in [0.15, 0.2) is 18.2 Å². The highest BCUT2D eigenvalue weighted by atomic mass is 19.1. The van der Waals surface area contributed by atoms with Crippen LogP contribution in [0.4, 0.5) is 8.78 Å². The third-order valence-corrected chi connectivity index (χ3v) is 3.88. The van der Waals surface area contributed by atoms with Gasteiger partial charge in [0.05, 0.1) is 12.5 Å². The number of β-amino-alcohol motifs (C(OH)–C–C–N with tert-alkyl or cyclic N) is 1. The molecule has 1 aliphatic rings. The van der Waals surface area contributed by atoms with Crippen LogP contribution in [0.25, 0.3) is 0 Å². The molecular formula is C16H18F2N2O5. The standard InChI is InChI=1S/C16H18F2N2O5/c1-8(15(23)20-7-12(21)6-13(20)16(24)25)19-14(22)4-9-2-10(17)5-11(18)3-9/h2-3,5,8,12-13,21H,4,6-7H2,1H3,(H,19,22)(H,24,25)/t8-,12?,13-/m0/s1. The number of nitrogens with zero attached hydrogens (tertiary/aromatic N) is 1. The second kappa shape index (κ2) is 7.56. The largest absolute Gasteiger partial charge is 0.480 e. The quantitative estimate of drug-likeness (QED) is 0.692. The Bertz CT molecular complexity index is 677. The van der Waals surface area contributed by atoms with Crippen LogP contribution in [0, 0.1) is 11.6 Å². The fourth-order valence-electron chi connectivity index (χ4n) is 2.79. The average Bonchev–Trinajstić information content (AvgIpc) is 2.87. The molecule has 1 unspecified atom stereocenters. The number of aliphatic carboxylic acids is 1. The SMILES string of the molecule is C[C@H](NC(=O)Cc1cc(F)cc(F)c1)C(=O)N1CC(O)C[C@H]1C(=O)O. The van der Waals surface area contributed by atoms with Gasteiger partial charge in [0.25, 0.3) is 0 Å². The maximum absolute atomic E-state index is 13.1. The molecule has 136 valence electrons. The van der Waals surface area contributed by atoms with Gasteiger partial charge in [-0.15, -0.1) is 0 Å². The summed E-state index contributed by atoms with van der Waals surface area (Å²) in [6.45, 7) is 1.24. The van der Waals surface area contributed by atoms with E-state index in [9.17, 15) is 28.3 Å². The highest BCUT2D eigenvalue weighted by Crippen LogP contribution is 2.19. The summed E-state index contributed by atoms with van der Waals surface area (Å²) in [6.07, 6.45) is -1.36. The van der Waals surface area contributed by atoms with Gasteiger partial charge in [-0.05, 0) is 24.6 Å². The van der Waals surface area contributed by atoms with Crippen molar-refractivity contribution < 1.29 is 33.4 Å². The third kappa shape index (κ3) is 4.72. The van der Waals surface area contributed by atoms with Crippen LogP contribution in [0.1, 0.15) is 18.9 Å². The Kier molecular flexibility index (Phi) is 5.68. The van der Waals surface area contributed by atoms with Gasteiger partial charge in [-0.1, -0.05) is 0 Å². The van der Waals surface area contributed by atoms with Crippen molar-refractivity contribution in [2.75, 3.05) is 6.54 Å². The summed E-state index contributed by atoms with van der Waals surface area (Å²) < 4.78 is 26.2. The second-order valence-corrected chi connectivity index (χ2v) is 5.98. The third-order valence-electron chi connectivity index (χ3n) is 3.88. The number of carbonyl (C=O) groups excluding carboxylic acids is 2. The molecule has 3 N–H and O–H groups in total. The van der Waals surface area contributed by atoms with E-state index in [2.05, 4.69) is 5.32 Å². The molecule has 1 aliphatic heterocycles. The minimum atomic E-state index is -1.24.